The van der Waals surface area contributed by atoms with Gasteiger partial charge in [-0.1, -0.05) is 6.07 Å². The Morgan fingerprint density at radius 1 is 1.29 bits per heavy atom. The fraction of sp³-hybridized carbons (Fsp3) is 0.533. The molecule has 0 unspecified atom stereocenters. The van der Waals surface area contributed by atoms with Gasteiger partial charge in [-0.15, -0.1) is 0 Å². The number of hydrogen-bond donors (Lipinski definition) is 1. The normalized spacial score (nSPS) is 19.0. The second kappa shape index (κ2) is 5.10. The molecule has 0 atom stereocenters. The zero-order valence-corrected chi connectivity index (χ0v) is 12.8. The van der Waals surface area contributed by atoms with Crippen LogP contribution in [0.15, 0.2) is 23.1 Å². The number of rotatable bonds is 6. The lowest BCUT2D eigenvalue weighted by molar-refractivity contribution is 0.0696. The van der Waals surface area contributed by atoms with Crippen molar-refractivity contribution in [3.05, 3.63) is 29.3 Å². The lowest BCUT2D eigenvalue weighted by atomic mass is 10.1. The van der Waals surface area contributed by atoms with Crippen molar-refractivity contribution in [2.75, 3.05) is 6.54 Å². The number of benzene rings is 1. The van der Waals surface area contributed by atoms with Crippen molar-refractivity contribution < 1.29 is 18.3 Å². The van der Waals surface area contributed by atoms with E-state index in [9.17, 15) is 13.2 Å². The number of sulfonamides is 1. The highest BCUT2D eigenvalue weighted by atomic mass is 32.2. The highest BCUT2D eigenvalue weighted by molar-refractivity contribution is 7.89. The molecule has 2 aliphatic carbocycles. The predicted molar refractivity (Wildman–Crippen MR) is 77.8 cm³/mol. The van der Waals surface area contributed by atoms with E-state index in [1.807, 2.05) is 0 Å². The van der Waals surface area contributed by atoms with Gasteiger partial charge in [0.2, 0.25) is 10.0 Å². The molecule has 1 aromatic carbocycles. The van der Waals surface area contributed by atoms with Crippen LogP contribution in [0, 0.1) is 12.8 Å². The minimum absolute atomic E-state index is 0.0539. The zero-order valence-electron chi connectivity index (χ0n) is 11.9. The van der Waals surface area contributed by atoms with Crippen LogP contribution in [0.5, 0.6) is 0 Å². The number of carbonyl (C=O) groups is 1. The van der Waals surface area contributed by atoms with Crippen LogP contribution in [-0.4, -0.2) is 36.4 Å². The first-order valence-electron chi connectivity index (χ1n) is 7.25. The summed E-state index contributed by atoms with van der Waals surface area (Å²) in [5, 5.41) is 9.16. The summed E-state index contributed by atoms with van der Waals surface area (Å²) in [5.41, 5.74) is 0.625. The Kier molecular flexibility index (Phi) is 3.53. The summed E-state index contributed by atoms with van der Waals surface area (Å²) in [6, 6.07) is 4.47. The van der Waals surface area contributed by atoms with Crippen LogP contribution in [-0.2, 0) is 10.0 Å². The molecule has 0 bridgehead atoms. The molecule has 6 heteroatoms. The molecule has 3 rings (SSSR count). The van der Waals surface area contributed by atoms with Crippen LogP contribution < -0.4 is 0 Å². The van der Waals surface area contributed by atoms with E-state index in [0.717, 1.165) is 25.7 Å². The Labute approximate surface area is 124 Å². The lowest BCUT2D eigenvalue weighted by Crippen LogP contribution is -2.35. The highest BCUT2D eigenvalue weighted by Gasteiger charge is 2.41. The number of aromatic carboxylic acids is 1. The second-order valence-corrected chi connectivity index (χ2v) is 7.92. The first-order valence-corrected chi connectivity index (χ1v) is 8.69. The maximum atomic E-state index is 12.8. The Morgan fingerprint density at radius 2 is 1.95 bits per heavy atom. The zero-order chi connectivity index (χ0) is 15.2. The Hall–Kier alpha value is -1.40. The molecule has 1 aromatic rings. The first-order chi connectivity index (χ1) is 9.89. The third kappa shape index (κ3) is 2.96. The maximum absolute atomic E-state index is 12.8. The maximum Gasteiger partial charge on any atom is 0.335 e. The molecule has 0 spiro atoms. The molecule has 114 valence electrons. The SMILES string of the molecule is Cc1ccc(S(=O)(=O)N(CC2CC2)C2CC2)cc1C(=O)O. The van der Waals surface area contributed by atoms with E-state index in [4.69, 9.17) is 5.11 Å². The van der Waals surface area contributed by atoms with Crippen LogP contribution in [0.25, 0.3) is 0 Å². The minimum atomic E-state index is -3.60. The molecule has 0 heterocycles. The van der Waals surface area contributed by atoms with Crippen LogP contribution >= 0.6 is 0 Å². The van der Waals surface area contributed by atoms with Crippen molar-refractivity contribution in [1.29, 1.82) is 0 Å². The van der Waals surface area contributed by atoms with E-state index in [1.54, 1.807) is 17.3 Å². The third-order valence-corrected chi connectivity index (χ3v) is 6.05. The van der Waals surface area contributed by atoms with E-state index >= 15 is 0 Å². The van der Waals surface area contributed by atoms with Crippen LogP contribution in [0.4, 0.5) is 0 Å². The van der Waals surface area contributed by atoms with Crippen molar-refractivity contribution in [2.45, 2.75) is 43.5 Å². The standard InChI is InChI=1S/C15H19NO4S/c1-10-2-7-13(8-14(10)15(17)18)21(19,20)16(12-5-6-12)9-11-3-4-11/h2,7-8,11-12H,3-6,9H2,1H3,(H,17,18). The Morgan fingerprint density at radius 3 is 2.48 bits per heavy atom. The number of aryl methyl sites for hydroxylation is 1. The predicted octanol–water partition coefficient (Wildman–Crippen LogP) is 2.26. The van der Waals surface area contributed by atoms with Gasteiger partial charge in [-0.3, -0.25) is 0 Å². The van der Waals surface area contributed by atoms with E-state index in [0.29, 0.717) is 18.0 Å². The summed E-state index contributed by atoms with van der Waals surface area (Å²) in [6.07, 6.45) is 3.99. The molecule has 0 aliphatic heterocycles. The summed E-state index contributed by atoms with van der Waals surface area (Å²) >= 11 is 0. The lowest BCUT2D eigenvalue weighted by Gasteiger charge is -2.22. The van der Waals surface area contributed by atoms with Crippen LogP contribution in [0.3, 0.4) is 0 Å². The topological polar surface area (TPSA) is 74.7 Å². The van der Waals surface area contributed by atoms with Gasteiger partial charge in [0.05, 0.1) is 10.5 Å². The molecule has 1 N–H and O–H groups in total. The van der Waals surface area contributed by atoms with Gasteiger partial charge in [-0.25, -0.2) is 13.2 Å². The quantitative estimate of drug-likeness (QED) is 0.874. The van der Waals surface area contributed by atoms with Gasteiger partial charge in [0.25, 0.3) is 0 Å². The van der Waals surface area contributed by atoms with Crippen molar-refractivity contribution in [1.82, 2.24) is 4.31 Å². The molecule has 21 heavy (non-hydrogen) atoms. The van der Waals surface area contributed by atoms with Gasteiger partial charge in [-0.05, 0) is 56.2 Å². The molecular weight excluding hydrogens is 290 g/mol. The van der Waals surface area contributed by atoms with E-state index in [2.05, 4.69) is 0 Å². The van der Waals surface area contributed by atoms with Gasteiger partial charge in [0.15, 0.2) is 0 Å². The fourth-order valence-electron chi connectivity index (χ4n) is 2.49. The molecule has 2 fully saturated rings. The minimum Gasteiger partial charge on any atom is -0.478 e. The Bertz CT molecular complexity index is 675. The summed E-state index contributed by atoms with van der Waals surface area (Å²) in [7, 11) is -3.60. The molecule has 0 saturated heterocycles. The van der Waals surface area contributed by atoms with E-state index in [1.165, 1.54) is 12.1 Å². The molecule has 2 aliphatic rings. The van der Waals surface area contributed by atoms with Crippen molar-refractivity contribution in [3.8, 4) is 0 Å². The summed E-state index contributed by atoms with van der Waals surface area (Å²) < 4.78 is 27.2. The van der Waals surface area contributed by atoms with Gasteiger partial charge < -0.3 is 5.11 Å². The monoisotopic (exact) mass is 309 g/mol. The third-order valence-electron chi connectivity index (χ3n) is 4.14. The molecule has 0 aromatic heterocycles. The largest absolute Gasteiger partial charge is 0.478 e. The summed E-state index contributed by atoms with van der Waals surface area (Å²) in [4.78, 5) is 11.3. The molecule has 0 amide bonds. The van der Waals surface area contributed by atoms with Crippen LogP contribution in [0.2, 0.25) is 0 Å². The molecule has 2 saturated carbocycles. The van der Waals surface area contributed by atoms with E-state index in [-0.39, 0.29) is 16.5 Å². The van der Waals surface area contributed by atoms with E-state index < -0.39 is 16.0 Å². The summed E-state index contributed by atoms with van der Waals surface area (Å²) in [5.74, 6) is -0.616. The van der Waals surface area contributed by atoms with Gasteiger partial charge in [-0.2, -0.15) is 4.31 Å². The second-order valence-electron chi connectivity index (χ2n) is 6.03. The highest BCUT2D eigenvalue weighted by Crippen LogP contribution is 2.38. The van der Waals surface area contributed by atoms with Gasteiger partial charge >= 0.3 is 5.97 Å². The average Bonchev–Trinajstić information content (AvgIpc) is 3.28. The Balaban J connectivity index is 1.96. The number of nitrogens with zero attached hydrogens (tertiary/aromatic N) is 1. The molecule has 0 radical (unpaired) electrons. The molecular formula is C15H19NO4S. The first kappa shape index (κ1) is 14.5. The number of carboxylic acids is 1. The van der Waals surface area contributed by atoms with Crippen molar-refractivity contribution in [3.63, 3.8) is 0 Å². The number of carboxylic acid groups (broad SMARTS) is 1. The van der Waals surface area contributed by atoms with Crippen molar-refractivity contribution in [2.24, 2.45) is 5.92 Å². The fourth-order valence-corrected chi connectivity index (χ4v) is 4.28. The smallest absolute Gasteiger partial charge is 0.335 e. The number of hydrogen-bond acceptors (Lipinski definition) is 3. The van der Waals surface area contributed by atoms with Gasteiger partial charge in [0.1, 0.15) is 0 Å². The van der Waals surface area contributed by atoms with Gasteiger partial charge in [0, 0.05) is 12.6 Å². The average molecular weight is 309 g/mol. The summed E-state index contributed by atoms with van der Waals surface area (Å²) in [6.45, 7) is 2.24. The van der Waals surface area contributed by atoms with Crippen LogP contribution in [0.1, 0.15) is 41.6 Å². The van der Waals surface area contributed by atoms with Crippen molar-refractivity contribution >= 4 is 16.0 Å². The molecule has 5 nitrogen and oxygen atoms in total.